The molecule has 0 aliphatic heterocycles. The quantitative estimate of drug-likeness (QED) is 0.621. The van der Waals surface area contributed by atoms with Crippen molar-refractivity contribution in [1.82, 2.24) is 20.3 Å². The number of aryl methyl sites for hydroxylation is 1. The van der Waals surface area contributed by atoms with Crippen LogP contribution in [0.3, 0.4) is 0 Å². The Kier molecular flexibility index (Phi) is 6.28. The first kappa shape index (κ1) is 22.0. The zero-order chi connectivity index (χ0) is 22.8. The highest BCUT2D eigenvalue weighted by molar-refractivity contribution is 5.98. The lowest BCUT2D eigenvalue weighted by Crippen LogP contribution is -2.40. The number of hydrogen-bond acceptors (Lipinski definition) is 5. The number of amides is 1. The monoisotopic (exact) mass is 434 g/mol. The van der Waals surface area contributed by atoms with Crippen molar-refractivity contribution >= 4 is 5.91 Å². The molecule has 168 valence electrons. The summed E-state index contributed by atoms with van der Waals surface area (Å²) in [5.74, 6) is 0.393. The first-order valence-corrected chi connectivity index (χ1v) is 11.0. The van der Waals surface area contributed by atoms with Crippen molar-refractivity contribution in [3.63, 3.8) is 0 Å². The van der Waals surface area contributed by atoms with Crippen LogP contribution in [0, 0.1) is 13.8 Å². The Morgan fingerprint density at radius 2 is 1.97 bits per heavy atom. The van der Waals surface area contributed by atoms with Crippen LogP contribution in [0.1, 0.15) is 51.9 Å². The van der Waals surface area contributed by atoms with Gasteiger partial charge >= 0.3 is 0 Å². The van der Waals surface area contributed by atoms with Gasteiger partial charge in [-0.3, -0.25) is 9.48 Å². The van der Waals surface area contributed by atoms with E-state index in [1.165, 1.54) is 0 Å². The fraction of sp³-hybridized carbons (Fsp3) is 0.400. The third-order valence-corrected chi connectivity index (χ3v) is 6.44. The lowest BCUT2D eigenvalue weighted by molar-refractivity contribution is 0.0870. The molecule has 4 rings (SSSR count). The molecule has 1 saturated carbocycles. The number of nitrogens with zero attached hydrogens (tertiary/aromatic N) is 3. The molecule has 0 bridgehead atoms. The number of aromatic nitrogens is 3. The van der Waals surface area contributed by atoms with Crippen molar-refractivity contribution in [3.8, 4) is 17.0 Å². The van der Waals surface area contributed by atoms with E-state index < -0.39 is 6.10 Å². The van der Waals surface area contributed by atoms with Gasteiger partial charge in [-0.2, -0.15) is 0 Å². The average molecular weight is 435 g/mol. The van der Waals surface area contributed by atoms with Crippen molar-refractivity contribution in [2.24, 2.45) is 7.05 Å². The number of nitrogens with one attached hydrogen (secondary N) is 1. The number of aliphatic hydroxyl groups excluding tert-OH is 1. The molecule has 2 unspecified atom stereocenters. The van der Waals surface area contributed by atoms with E-state index in [-0.39, 0.29) is 11.9 Å². The molecule has 3 aromatic rings. The highest BCUT2D eigenvalue weighted by Crippen LogP contribution is 2.31. The number of carbonyl (C=O) groups is 1. The van der Waals surface area contributed by atoms with E-state index in [9.17, 15) is 9.90 Å². The third kappa shape index (κ3) is 4.39. The number of hydrogen-bond donors (Lipinski definition) is 2. The minimum Gasteiger partial charge on any atom is -0.496 e. The van der Waals surface area contributed by atoms with Crippen LogP contribution < -0.4 is 10.1 Å². The van der Waals surface area contributed by atoms with Crippen molar-refractivity contribution in [2.75, 3.05) is 7.11 Å². The molecule has 0 spiro atoms. The van der Waals surface area contributed by atoms with Crippen LogP contribution in [-0.4, -0.2) is 45.3 Å². The van der Waals surface area contributed by atoms with E-state index in [2.05, 4.69) is 34.7 Å². The van der Waals surface area contributed by atoms with Gasteiger partial charge in [0.25, 0.3) is 5.91 Å². The van der Waals surface area contributed by atoms with Gasteiger partial charge in [0.05, 0.1) is 31.0 Å². The Bertz CT molecular complexity index is 1120. The maximum atomic E-state index is 13.1. The summed E-state index contributed by atoms with van der Waals surface area (Å²) < 4.78 is 7.29. The SMILES string of the molecule is COc1c(C(=O)NC2CCCC2O)cc(Cc2ccc(-c3cn(C)nn3)cc2)c(C)c1C. The van der Waals surface area contributed by atoms with Crippen LogP contribution in [0.4, 0.5) is 0 Å². The Morgan fingerprint density at radius 1 is 1.22 bits per heavy atom. The van der Waals surface area contributed by atoms with E-state index in [4.69, 9.17) is 4.74 Å². The molecule has 1 aliphatic carbocycles. The smallest absolute Gasteiger partial charge is 0.255 e. The minimum atomic E-state index is -0.483. The number of carbonyl (C=O) groups excluding carboxylic acids is 1. The van der Waals surface area contributed by atoms with Gasteiger partial charge < -0.3 is 15.2 Å². The summed E-state index contributed by atoms with van der Waals surface area (Å²) in [5.41, 5.74) is 6.65. The number of aliphatic hydroxyl groups is 1. The van der Waals surface area contributed by atoms with Crippen molar-refractivity contribution < 1.29 is 14.6 Å². The van der Waals surface area contributed by atoms with Gasteiger partial charge in [-0.15, -0.1) is 5.10 Å². The summed E-state index contributed by atoms with van der Waals surface area (Å²) in [6.45, 7) is 4.04. The normalized spacial score (nSPS) is 18.0. The second-order valence-corrected chi connectivity index (χ2v) is 8.60. The summed E-state index contributed by atoms with van der Waals surface area (Å²) in [6, 6.07) is 9.97. The Labute approximate surface area is 188 Å². The molecule has 1 aliphatic rings. The molecule has 2 aromatic carbocycles. The molecule has 2 N–H and O–H groups in total. The summed E-state index contributed by atoms with van der Waals surface area (Å²) in [7, 11) is 3.44. The van der Waals surface area contributed by atoms with E-state index in [0.717, 1.165) is 52.8 Å². The van der Waals surface area contributed by atoms with E-state index in [1.807, 2.05) is 38.4 Å². The van der Waals surface area contributed by atoms with Gasteiger partial charge in [0.1, 0.15) is 11.4 Å². The first-order valence-electron chi connectivity index (χ1n) is 11.0. The molecule has 1 aromatic heterocycles. The zero-order valence-corrected chi connectivity index (χ0v) is 19.1. The van der Waals surface area contributed by atoms with Gasteiger partial charge in [-0.25, -0.2) is 0 Å². The number of benzene rings is 2. The highest BCUT2D eigenvalue weighted by Gasteiger charge is 2.28. The lowest BCUT2D eigenvalue weighted by atomic mass is 9.92. The van der Waals surface area contributed by atoms with Crippen LogP contribution in [0.15, 0.2) is 36.5 Å². The number of ether oxygens (including phenoxy) is 1. The second-order valence-electron chi connectivity index (χ2n) is 8.60. The predicted molar refractivity (Wildman–Crippen MR) is 123 cm³/mol. The first-order chi connectivity index (χ1) is 15.4. The molecule has 2 atom stereocenters. The van der Waals surface area contributed by atoms with E-state index in [0.29, 0.717) is 17.7 Å². The summed E-state index contributed by atoms with van der Waals surface area (Å²) >= 11 is 0. The van der Waals surface area contributed by atoms with E-state index >= 15 is 0 Å². The fourth-order valence-corrected chi connectivity index (χ4v) is 4.42. The molecule has 32 heavy (non-hydrogen) atoms. The zero-order valence-electron chi connectivity index (χ0n) is 19.1. The van der Waals surface area contributed by atoms with Gasteiger partial charge in [0.15, 0.2) is 0 Å². The average Bonchev–Trinajstić information content (AvgIpc) is 3.40. The summed E-state index contributed by atoms with van der Waals surface area (Å²) in [4.78, 5) is 13.1. The fourth-order valence-electron chi connectivity index (χ4n) is 4.42. The number of methoxy groups -OCH3 is 1. The van der Waals surface area contributed by atoms with Crippen LogP contribution in [0.5, 0.6) is 5.75 Å². The standard InChI is InChI=1S/C25H30N4O3/c1-15-16(2)24(32-4)20(25(31)26-21-6-5-7-23(21)30)13-19(15)12-17-8-10-18(11-9-17)22-14-29(3)28-27-22/h8-11,13-14,21,23,30H,5-7,12H2,1-4H3,(H,26,31). The molecule has 1 fully saturated rings. The van der Waals surface area contributed by atoms with Crippen molar-refractivity contribution in [1.29, 1.82) is 0 Å². The van der Waals surface area contributed by atoms with Crippen LogP contribution in [-0.2, 0) is 13.5 Å². The molecule has 1 amide bonds. The largest absolute Gasteiger partial charge is 0.496 e. The minimum absolute atomic E-state index is 0.199. The molecule has 0 radical (unpaired) electrons. The molecule has 7 nitrogen and oxygen atoms in total. The van der Waals surface area contributed by atoms with Crippen LogP contribution in [0.2, 0.25) is 0 Å². The van der Waals surface area contributed by atoms with Crippen LogP contribution in [0.25, 0.3) is 11.3 Å². The molecule has 0 saturated heterocycles. The molecule has 7 heteroatoms. The highest BCUT2D eigenvalue weighted by atomic mass is 16.5. The predicted octanol–water partition coefficient (Wildman–Crippen LogP) is 3.34. The maximum Gasteiger partial charge on any atom is 0.255 e. The van der Waals surface area contributed by atoms with Gasteiger partial charge in [0, 0.05) is 12.6 Å². The Hall–Kier alpha value is -3.19. The summed E-state index contributed by atoms with van der Waals surface area (Å²) in [6.07, 6.45) is 4.55. The Balaban J connectivity index is 1.60. The molecule has 1 heterocycles. The second kappa shape index (κ2) is 9.12. The van der Waals surface area contributed by atoms with Gasteiger partial charge in [-0.05, 0) is 67.9 Å². The Morgan fingerprint density at radius 3 is 2.56 bits per heavy atom. The van der Waals surface area contributed by atoms with E-state index in [1.54, 1.807) is 11.8 Å². The maximum absolute atomic E-state index is 13.1. The van der Waals surface area contributed by atoms with Crippen molar-refractivity contribution in [2.45, 2.75) is 51.7 Å². The summed E-state index contributed by atoms with van der Waals surface area (Å²) in [5, 5.41) is 21.3. The van der Waals surface area contributed by atoms with Crippen molar-refractivity contribution in [3.05, 3.63) is 64.3 Å². The third-order valence-electron chi connectivity index (χ3n) is 6.44. The van der Waals surface area contributed by atoms with Gasteiger partial charge in [0.2, 0.25) is 0 Å². The lowest BCUT2D eigenvalue weighted by Gasteiger charge is -2.20. The van der Waals surface area contributed by atoms with Gasteiger partial charge in [-0.1, -0.05) is 29.5 Å². The van der Waals surface area contributed by atoms with Crippen LogP contribution >= 0.6 is 0 Å². The molecular formula is C25H30N4O3. The topological polar surface area (TPSA) is 89.3 Å². The molecular weight excluding hydrogens is 404 g/mol. The number of rotatable bonds is 6.